The van der Waals surface area contributed by atoms with E-state index in [0.717, 1.165) is 17.7 Å². The number of benzene rings is 2. The van der Waals surface area contributed by atoms with Crippen LogP contribution in [0, 0.1) is 17.1 Å². The van der Waals surface area contributed by atoms with Gasteiger partial charge in [0, 0.05) is 11.1 Å². The number of anilines is 1. The average Bonchev–Trinajstić information content (AvgIpc) is 2.76. The summed E-state index contributed by atoms with van der Waals surface area (Å²) in [5.74, 6) is 0.566. The molecule has 4 nitrogen and oxygen atoms in total. The van der Waals surface area contributed by atoms with E-state index in [-0.39, 0.29) is 11.6 Å². The number of ether oxygens (including phenoxy) is 1. The highest BCUT2D eigenvalue weighted by molar-refractivity contribution is 5.80. The Hall–Kier alpha value is -3.39. The molecule has 0 saturated carbocycles. The van der Waals surface area contributed by atoms with Crippen molar-refractivity contribution in [1.82, 2.24) is 4.98 Å². The van der Waals surface area contributed by atoms with Crippen LogP contribution in [0.5, 0.6) is 5.75 Å². The molecule has 1 heterocycles. The molecule has 0 atom stereocenters. The summed E-state index contributed by atoms with van der Waals surface area (Å²) in [5, 5.41) is 9.57. The van der Waals surface area contributed by atoms with Crippen molar-refractivity contribution >= 4 is 5.82 Å². The van der Waals surface area contributed by atoms with Crippen LogP contribution in [0.3, 0.4) is 0 Å². The van der Waals surface area contributed by atoms with Gasteiger partial charge < -0.3 is 10.5 Å². The standard InChI is InChI=1S/C25H26FN3O/c1-2-3-4-5-6-14-30-21-12-10-18(11-13-21)22-16-24(29-25(28)23(22)17-27)19-8-7-9-20(26)15-19/h7-13,15-16H,2-6,14H2,1H3,(H2,28,29). The quantitative estimate of drug-likeness (QED) is 0.422. The molecule has 0 bridgehead atoms. The van der Waals surface area contributed by atoms with Gasteiger partial charge in [0.15, 0.2) is 0 Å². The van der Waals surface area contributed by atoms with Crippen LogP contribution in [0.1, 0.15) is 44.6 Å². The molecule has 3 rings (SSSR count). The lowest BCUT2D eigenvalue weighted by atomic mass is 9.98. The van der Waals surface area contributed by atoms with E-state index in [1.165, 1.54) is 37.8 Å². The maximum absolute atomic E-state index is 13.6. The van der Waals surface area contributed by atoms with Crippen LogP contribution in [0.15, 0.2) is 54.6 Å². The molecular weight excluding hydrogens is 377 g/mol. The zero-order chi connectivity index (χ0) is 21.3. The number of hydrogen-bond acceptors (Lipinski definition) is 4. The molecule has 0 spiro atoms. The molecule has 0 fully saturated rings. The minimum absolute atomic E-state index is 0.127. The van der Waals surface area contributed by atoms with E-state index in [1.54, 1.807) is 18.2 Å². The molecular formula is C25H26FN3O. The second kappa shape index (κ2) is 10.4. The van der Waals surface area contributed by atoms with Gasteiger partial charge >= 0.3 is 0 Å². The number of aromatic nitrogens is 1. The summed E-state index contributed by atoms with van der Waals surface area (Å²) in [7, 11) is 0. The smallest absolute Gasteiger partial charge is 0.142 e. The third-order valence-corrected chi connectivity index (χ3v) is 4.96. The Labute approximate surface area is 177 Å². The molecule has 2 aromatic carbocycles. The van der Waals surface area contributed by atoms with Crippen LogP contribution in [-0.2, 0) is 0 Å². The van der Waals surface area contributed by atoms with Crippen molar-refractivity contribution in [2.45, 2.75) is 39.0 Å². The molecule has 3 aromatic rings. The fourth-order valence-electron chi connectivity index (χ4n) is 3.33. The topological polar surface area (TPSA) is 71.9 Å². The number of nitrogens with zero attached hydrogens (tertiary/aromatic N) is 2. The fraction of sp³-hybridized carbons (Fsp3) is 0.280. The largest absolute Gasteiger partial charge is 0.494 e. The molecule has 0 aliphatic heterocycles. The summed E-state index contributed by atoms with van der Waals surface area (Å²) in [6.45, 7) is 2.89. The number of unbranched alkanes of at least 4 members (excludes halogenated alkanes) is 4. The fourth-order valence-corrected chi connectivity index (χ4v) is 3.33. The second-order valence-corrected chi connectivity index (χ2v) is 7.22. The maximum Gasteiger partial charge on any atom is 0.142 e. The van der Waals surface area contributed by atoms with Gasteiger partial charge in [0.1, 0.15) is 29.0 Å². The predicted molar refractivity (Wildman–Crippen MR) is 118 cm³/mol. The van der Waals surface area contributed by atoms with Crippen LogP contribution < -0.4 is 10.5 Å². The first-order valence-corrected chi connectivity index (χ1v) is 10.3. The highest BCUT2D eigenvalue weighted by Crippen LogP contribution is 2.32. The normalized spacial score (nSPS) is 10.6. The lowest BCUT2D eigenvalue weighted by molar-refractivity contribution is 0.304. The van der Waals surface area contributed by atoms with E-state index < -0.39 is 0 Å². The van der Waals surface area contributed by atoms with Crippen LogP contribution in [-0.4, -0.2) is 11.6 Å². The number of halogens is 1. The molecule has 0 unspecified atom stereocenters. The second-order valence-electron chi connectivity index (χ2n) is 7.22. The minimum atomic E-state index is -0.352. The zero-order valence-corrected chi connectivity index (χ0v) is 17.2. The first-order valence-electron chi connectivity index (χ1n) is 10.3. The molecule has 0 amide bonds. The van der Waals surface area contributed by atoms with Crippen molar-refractivity contribution in [2.24, 2.45) is 0 Å². The molecule has 0 aliphatic carbocycles. The number of pyridine rings is 1. The summed E-state index contributed by atoms with van der Waals surface area (Å²) in [4.78, 5) is 4.29. The lowest BCUT2D eigenvalue weighted by Gasteiger charge is -2.11. The molecule has 30 heavy (non-hydrogen) atoms. The summed E-state index contributed by atoms with van der Waals surface area (Å²) < 4.78 is 19.4. The van der Waals surface area contributed by atoms with E-state index in [2.05, 4.69) is 18.0 Å². The summed E-state index contributed by atoms with van der Waals surface area (Å²) in [5.41, 5.74) is 8.96. The molecule has 0 saturated heterocycles. The summed E-state index contributed by atoms with van der Waals surface area (Å²) >= 11 is 0. The van der Waals surface area contributed by atoms with Gasteiger partial charge in [0.05, 0.1) is 12.3 Å². The van der Waals surface area contributed by atoms with Crippen molar-refractivity contribution in [3.63, 3.8) is 0 Å². The number of hydrogen-bond donors (Lipinski definition) is 1. The highest BCUT2D eigenvalue weighted by Gasteiger charge is 2.14. The SMILES string of the molecule is CCCCCCCOc1ccc(-c2cc(-c3cccc(F)c3)nc(N)c2C#N)cc1. The van der Waals surface area contributed by atoms with Crippen LogP contribution in [0.4, 0.5) is 10.2 Å². The van der Waals surface area contributed by atoms with Crippen LogP contribution in [0.2, 0.25) is 0 Å². The first kappa shape index (κ1) is 21.3. The number of nitrogen functional groups attached to an aromatic ring is 1. The van der Waals surface area contributed by atoms with Gasteiger partial charge in [-0.3, -0.25) is 0 Å². The van der Waals surface area contributed by atoms with Crippen molar-refractivity contribution < 1.29 is 9.13 Å². The summed E-state index contributed by atoms with van der Waals surface area (Å²) in [6, 6.07) is 17.6. The summed E-state index contributed by atoms with van der Waals surface area (Å²) in [6.07, 6.45) is 5.96. The van der Waals surface area contributed by atoms with Gasteiger partial charge in [-0.1, -0.05) is 56.9 Å². The number of rotatable bonds is 9. The van der Waals surface area contributed by atoms with Gasteiger partial charge in [-0.2, -0.15) is 5.26 Å². The Morgan fingerprint density at radius 3 is 2.47 bits per heavy atom. The van der Waals surface area contributed by atoms with Gasteiger partial charge in [0.25, 0.3) is 0 Å². The van der Waals surface area contributed by atoms with Crippen molar-refractivity contribution in [3.05, 3.63) is 66.0 Å². The van der Waals surface area contributed by atoms with E-state index in [1.807, 2.05) is 24.3 Å². The van der Waals surface area contributed by atoms with E-state index in [4.69, 9.17) is 10.5 Å². The Kier molecular flexibility index (Phi) is 7.40. The van der Waals surface area contributed by atoms with Crippen LogP contribution in [0.25, 0.3) is 22.4 Å². The van der Waals surface area contributed by atoms with Gasteiger partial charge in [-0.05, 0) is 42.3 Å². The van der Waals surface area contributed by atoms with Crippen molar-refractivity contribution in [1.29, 1.82) is 5.26 Å². The third kappa shape index (κ3) is 5.36. The molecule has 5 heteroatoms. The Bertz CT molecular complexity index is 1030. The van der Waals surface area contributed by atoms with E-state index >= 15 is 0 Å². The maximum atomic E-state index is 13.6. The van der Waals surface area contributed by atoms with Gasteiger partial charge in [-0.25, -0.2) is 9.37 Å². The average molecular weight is 404 g/mol. The Morgan fingerprint density at radius 1 is 1.00 bits per heavy atom. The zero-order valence-electron chi connectivity index (χ0n) is 17.2. The Morgan fingerprint density at radius 2 is 1.77 bits per heavy atom. The third-order valence-electron chi connectivity index (χ3n) is 4.96. The van der Waals surface area contributed by atoms with Crippen LogP contribution >= 0.6 is 0 Å². The van der Waals surface area contributed by atoms with Crippen molar-refractivity contribution in [3.8, 4) is 34.2 Å². The predicted octanol–water partition coefficient (Wildman–Crippen LogP) is 6.36. The van der Waals surface area contributed by atoms with Gasteiger partial charge in [-0.15, -0.1) is 0 Å². The van der Waals surface area contributed by atoms with Crippen molar-refractivity contribution in [2.75, 3.05) is 12.3 Å². The van der Waals surface area contributed by atoms with E-state index in [0.29, 0.717) is 29.0 Å². The molecule has 154 valence electrons. The molecule has 2 N–H and O–H groups in total. The molecule has 0 aliphatic rings. The monoisotopic (exact) mass is 403 g/mol. The highest BCUT2D eigenvalue weighted by atomic mass is 19.1. The number of nitriles is 1. The first-order chi connectivity index (χ1) is 14.6. The lowest BCUT2D eigenvalue weighted by Crippen LogP contribution is -2.00. The Balaban J connectivity index is 1.80. The van der Waals surface area contributed by atoms with Gasteiger partial charge in [0.2, 0.25) is 0 Å². The molecule has 1 aromatic heterocycles. The number of nitrogens with two attached hydrogens (primary N) is 1. The van der Waals surface area contributed by atoms with E-state index in [9.17, 15) is 9.65 Å². The minimum Gasteiger partial charge on any atom is -0.494 e. The molecule has 0 radical (unpaired) electrons.